The Bertz CT molecular complexity index is 1550. The van der Waals surface area contributed by atoms with Gasteiger partial charge < -0.3 is 19.9 Å². The molecule has 1 unspecified atom stereocenters. The van der Waals surface area contributed by atoms with E-state index in [-0.39, 0.29) is 29.1 Å². The molecule has 1 amide bonds. The fourth-order valence-corrected chi connectivity index (χ4v) is 4.44. The van der Waals surface area contributed by atoms with Gasteiger partial charge in [-0.2, -0.15) is 5.10 Å². The number of fused-ring (bicyclic) bond motifs is 1. The zero-order valence-corrected chi connectivity index (χ0v) is 18.9. The molecule has 2 aromatic carbocycles. The fraction of sp³-hybridized carbons (Fsp3) is 0.192. The number of nitrogens with two attached hydrogens (primary N) is 1. The predicted molar refractivity (Wildman–Crippen MR) is 130 cm³/mol. The lowest BCUT2D eigenvalue weighted by Gasteiger charge is -2.15. The van der Waals surface area contributed by atoms with Crippen molar-refractivity contribution >= 4 is 22.6 Å². The highest BCUT2D eigenvalue weighted by atomic mass is 19.1. The van der Waals surface area contributed by atoms with Crippen LogP contribution in [0.2, 0.25) is 0 Å². The van der Waals surface area contributed by atoms with E-state index in [0.29, 0.717) is 36.2 Å². The number of anilines is 1. The van der Waals surface area contributed by atoms with Crippen molar-refractivity contribution in [1.82, 2.24) is 19.7 Å². The first-order valence-corrected chi connectivity index (χ1v) is 11.1. The van der Waals surface area contributed by atoms with Gasteiger partial charge in [-0.1, -0.05) is 30.2 Å². The first-order valence-electron chi connectivity index (χ1n) is 11.1. The van der Waals surface area contributed by atoms with E-state index in [0.717, 1.165) is 11.1 Å². The molecule has 8 nitrogen and oxygen atoms in total. The number of hydrogen-bond acceptors (Lipinski definition) is 5. The van der Waals surface area contributed by atoms with Crippen molar-refractivity contribution in [2.75, 3.05) is 18.8 Å². The molecule has 2 aromatic heterocycles. The number of para-hydroxylation sites is 1. The van der Waals surface area contributed by atoms with E-state index in [2.05, 4.69) is 22.0 Å². The summed E-state index contributed by atoms with van der Waals surface area (Å²) in [5, 5.41) is 6.96. The summed E-state index contributed by atoms with van der Waals surface area (Å²) in [6, 6.07) is 13.1. The molecule has 1 aliphatic heterocycles. The van der Waals surface area contributed by atoms with Crippen molar-refractivity contribution in [3.05, 3.63) is 70.9 Å². The molecule has 3 heterocycles. The lowest BCUT2D eigenvalue weighted by Crippen LogP contribution is -2.28. The third kappa shape index (κ3) is 4.10. The molecule has 35 heavy (non-hydrogen) atoms. The smallest absolute Gasteiger partial charge is 0.298 e. The minimum absolute atomic E-state index is 0.111. The van der Waals surface area contributed by atoms with Crippen molar-refractivity contribution in [2.45, 2.75) is 19.4 Å². The van der Waals surface area contributed by atoms with Gasteiger partial charge in [0.15, 0.2) is 17.4 Å². The van der Waals surface area contributed by atoms with Crippen LogP contribution in [0.15, 0.2) is 59.5 Å². The maximum absolute atomic E-state index is 13.9. The Kier molecular flexibility index (Phi) is 5.71. The van der Waals surface area contributed by atoms with Gasteiger partial charge >= 0.3 is 0 Å². The van der Waals surface area contributed by atoms with Crippen molar-refractivity contribution in [1.29, 1.82) is 0 Å². The van der Waals surface area contributed by atoms with E-state index in [1.165, 1.54) is 6.07 Å². The SMILES string of the molecule is CC#CC(=O)N1CCC(n2cc(-c3ccc(Oc4ccccc4F)cc3)c3c(N)n[nH]c(=O)c32)C1. The third-order valence-corrected chi connectivity index (χ3v) is 6.09. The Morgan fingerprint density at radius 2 is 2.00 bits per heavy atom. The monoisotopic (exact) mass is 471 g/mol. The normalized spacial score (nSPS) is 15.1. The average Bonchev–Trinajstić information content (AvgIpc) is 3.50. The van der Waals surface area contributed by atoms with Gasteiger partial charge in [0, 0.05) is 24.8 Å². The molecule has 0 bridgehead atoms. The van der Waals surface area contributed by atoms with Gasteiger partial charge in [0.2, 0.25) is 0 Å². The van der Waals surface area contributed by atoms with E-state index in [1.54, 1.807) is 42.2 Å². The number of carbonyl (C=O) groups excluding carboxylic acids is 1. The van der Waals surface area contributed by atoms with Crippen LogP contribution < -0.4 is 16.0 Å². The molecule has 176 valence electrons. The number of nitrogens with one attached hydrogen (secondary N) is 1. The highest BCUT2D eigenvalue weighted by Crippen LogP contribution is 2.36. The van der Waals surface area contributed by atoms with Gasteiger partial charge in [-0.25, -0.2) is 9.49 Å². The summed E-state index contributed by atoms with van der Waals surface area (Å²) in [7, 11) is 0. The van der Waals surface area contributed by atoms with E-state index >= 15 is 0 Å². The van der Waals surface area contributed by atoms with Crippen molar-refractivity contribution in [2.24, 2.45) is 0 Å². The molecule has 1 aliphatic rings. The fourth-order valence-electron chi connectivity index (χ4n) is 4.44. The number of H-pyrrole nitrogens is 1. The Morgan fingerprint density at radius 3 is 2.74 bits per heavy atom. The minimum atomic E-state index is -0.452. The molecular formula is C26H22FN5O3. The van der Waals surface area contributed by atoms with Crippen LogP contribution in [-0.2, 0) is 4.79 Å². The molecule has 0 spiro atoms. The zero-order valence-electron chi connectivity index (χ0n) is 18.9. The second kappa shape index (κ2) is 8.99. The van der Waals surface area contributed by atoms with Gasteiger partial charge in [0.25, 0.3) is 11.5 Å². The van der Waals surface area contributed by atoms with Crippen LogP contribution in [0.5, 0.6) is 11.5 Å². The number of benzene rings is 2. The van der Waals surface area contributed by atoms with Gasteiger partial charge in [0.05, 0.1) is 11.4 Å². The summed E-state index contributed by atoms with van der Waals surface area (Å²) < 4.78 is 21.5. The number of aromatic nitrogens is 3. The van der Waals surface area contributed by atoms with Gasteiger partial charge in [-0.3, -0.25) is 9.59 Å². The maximum atomic E-state index is 13.9. The van der Waals surface area contributed by atoms with Crippen LogP contribution in [0, 0.1) is 17.7 Å². The van der Waals surface area contributed by atoms with Gasteiger partial charge in [-0.15, -0.1) is 0 Å². The number of carbonyl (C=O) groups is 1. The van der Waals surface area contributed by atoms with E-state index in [9.17, 15) is 14.0 Å². The van der Waals surface area contributed by atoms with Crippen molar-refractivity contribution in [3.63, 3.8) is 0 Å². The number of amides is 1. The third-order valence-electron chi connectivity index (χ3n) is 6.09. The number of likely N-dealkylation sites (tertiary alicyclic amines) is 1. The van der Waals surface area contributed by atoms with E-state index in [1.807, 2.05) is 22.9 Å². The van der Waals surface area contributed by atoms with Crippen molar-refractivity contribution in [3.8, 4) is 34.5 Å². The van der Waals surface area contributed by atoms with Crippen LogP contribution in [0.4, 0.5) is 10.2 Å². The summed E-state index contributed by atoms with van der Waals surface area (Å²) in [6.07, 6.45) is 2.55. The molecule has 3 N–H and O–H groups in total. The number of hydrogen-bond donors (Lipinski definition) is 2. The molecular weight excluding hydrogens is 449 g/mol. The summed E-state index contributed by atoms with van der Waals surface area (Å²) in [6.45, 7) is 2.61. The topological polar surface area (TPSA) is 106 Å². The second-order valence-electron chi connectivity index (χ2n) is 8.24. The van der Waals surface area contributed by atoms with Crippen LogP contribution in [0.25, 0.3) is 22.0 Å². The quantitative estimate of drug-likeness (QED) is 0.442. The van der Waals surface area contributed by atoms with Gasteiger partial charge in [-0.05, 0) is 49.1 Å². The second-order valence-corrected chi connectivity index (χ2v) is 8.24. The maximum Gasteiger partial charge on any atom is 0.298 e. The minimum Gasteiger partial charge on any atom is -0.454 e. The summed E-state index contributed by atoms with van der Waals surface area (Å²) in [5.74, 6) is 5.31. The first-order chi connectivity index (χ1) is 17.0. The number of ether oxygens (including phenoxy) is 1. The van der Waals surface area contributed by atoms with Crippen LogP contribution >= 0.6 is 0 Å². The Morgan fingerprint density at radius 1 is 1.23 bits per heavy atom. The number of rotatable bonds is 4. The Balaban J connectivity index is 1.52. The highest BCUT2D eigenvalue weighted by molar-refractivity contribution is 6.02. The first kappa shape index (κ1) is 22.2. The molecule has 0 radical (unpaired) electrons. The highest BCUT2D eigenvalue weighted by Gasteiger charge is 2.29. The molecule has 0 saturated carbocycles. The van der Waals surface area contributed by atoms with Crippen LogP contribution in [-0.4, -0.2) is 38.7 Å². The molecule has 1 fully saturated rings. The summed E-state index contributed by atoms with van der Waals surface area (Å²) in [4.78, 5) is 26.7. The standard InChI is InChI=1S/C26H22FN5O3/c1-2-5-22(33)31-13-12-17(14-31)32-15-19(23-24(32)26(34)30-29-25(23)28)16-8-10-18(11-9-16)35-21-7-4-3-6-20(21)27/h3-4,6-11,15,17H,12-14H2,1H3,(H2,28,29)(H,30,34). The zero-order chi connectivity index (χ0) is 24.5. The van der Waals surface area contributed by atoms with Gasteiger partial charge in [0.1, 0.15) is 11.3 Å². The van der Waals surface area contributed by atoms with E-state index < -0.39 is 5.82 Å². The molecule has 1 saturated heterocycles. The Hall–Kier alpha value is -4.58. The largest absolute Gasteiger partial charge is 0.454 e. The number of halogens is 1. The predicted octanol–water partition coefficient (Wildman–Crippen LogP) is 3.70. The lowest BCUT2D eigenvalue weighted by molar-refractivity contribution is -0.124. The summed E-state index contributed by atoms with van der Waals surface area (Å²) in [5.41, 5.74) is 7.75. The number of nitrogen functional groups attached to an aromatic ring is 1. The number of nitrogens with zero attached hydrogens (tertiary/aromatic N) is 3. The molecule has 4 aromatic rings. The van der Waals surface area contributed by atoms with Crippen molar-refractivity contribution < 1.29 is 13.9 Å². The van der Waals surface area contributed by atoms with Crippen LogP contribution in [0.3, 0.4) is 0 Å². The number of aromatic amines is 1. The van der Waals surface area contributed by atoms with E-state index in [4.69, 9.17) is 10.5 Å². The molecule has 0 aliphatic carbocycles. The van der Waals surface area contributed by atoms with Crippen LogP contribution in [0.1, 0.15) is 19.4 Å². The summed E-state index contributed by atoms with van der Waals surface area (Å²) >= 11 is 0. The molecule has 5 rings (SSSR count). The molecule has 1 atom stereocenters. The lowest BCUT2D eigenvalue weighted by atomic mass is 10.1. The molecule has 9 heteroatoms. The Labute approximate surface area is 200 Å². The average molecular weight is 471 g/mol.